The van der Waals surface area contributed by atoms with Gasteiger partial charge in [-0.3, -0.25) is 9.59 Å². The summed E-state index contributed by atoms with van der Waals surface area (Å²) in [5.74, 6) is 1.72. The number of nitrogens with zero attached hydrogens (tertiary/aromatic N) is 2. The lowest BCUT2D eigenvalue weighted by molar-refractivity contribution is -0.141. The minimum absolute atomic E-state index is 0.00194. The number of nitrogens with one attached hydrogen (secondary N) is 1. The second kappa shape index (κ2) is 14.5. The van der Waals surface area contributed by atoms with Gasteiger partial charge in [-0.25, -0.2) is 0 Å². The van der Waals surface area contributed by atoms with Gasteiger partial charge in [0, 0.05) is 70.6 Å². The van der Waals surface area contributed by atoms with Gasteiger partial charge in [-0.2, -0.15) is 0 Å². The molecule has 3 aliphatic rings. The van der Waals surface area contributed by atoms with E-state index in [1.165, 1.54) is 0 Å². The molecule has 1 N–H and O–H groups in total. The Hall–Kier alpha value is -2.16. The third kappa shape index (κ3) is 7.95. The normalized spacial score (nSPS) is 23.2. The van der Waals surface area contributed by atoms with Gasteiger partial charge in [-0.15, -0.1) is 0 Å². The first-order valence-electron chi connectivity index (χ1n) is 15.1. The minimum Gasteiger partial charge on any atom is -0.493 e. The van der Waals surface area contributed by atoms with Crippen LogP contribution in [0.1, 0.15) is 68.8 Å². The highest BCUT2D eigenvalue weighted by atomic mass is 16.5. The summed E-state index contributed by atoms with van der Waals surface area (Å²) >= 11 is 0. The molecule has 0 radical (unpaired) electrons. The van der Waals surface area contributed by atoms with Crippen molar-refractivity contribution >= 4 is 11.8 Å². The van der Waals surface area contributed by atoms with E-state index in [1.807, 2.05) is 23.1 Å². The maximum atomic E-state index is 13.8. The molecule has 2 aliphatic heterocycles. The molecule has 0 bridgehead atoms. The standard InChI is InChI=1S/C31H49N3O5/c1-5-23-9-10-24(16-29(23)39-15-7-13-37-4)30(35)33(22(2)3)19-26-17-32-18-27(26)20-34(28-11-12-28)31(36)25-8-6-14-38-21-25/h9-10,16,22,25-28,32H,5-8,11-15,17-21H2,1-4H3/t25?,26-,27-/m0/s1. The summed E-state index contributed by atoms with van der Waals surface area (Å²) in [6.45, 7) is 12.0. The maximum absolute atomic E-state index is 13.8. The van der Waals surface area contributed by atoms with E-state index in [0.29, 0.717) is 49.8 Å². The molecule has 1 unspecified atom stereocenters. The van der Waals surface area contributed by atoms with E-state index in [2.05, 4.69) is 31.0 Å². The summed E-state index contributed by atoms with van der Waals surface area (Å²) in [7, 11) is 1.69. The summed E-state index contributed by atoms with van der Waals surface area (Å²) in [5.41, 5.74) is 1.77. The fourth-order valence-electron chi connectivity index (χ4n) is 5.89. The predicted octanol–water partition coefficient (Wildman–Crippen LogP) is 3.77. The van der Waals surface area contributed by atoms with Gasteiger partial charge in [0.1, 0.15) is 5.75 Å². The van der Waals surface area contributed by atoms with Crippen molar-refractivity contribution in [2.45, 2.75) is 71.4 Å². The summed E-state index contributed by atoms with van der Waals surface area (Å²) in [6, 6.07) is 6.31. The molecule has 39 heavy (non-hydrogen) atoms. The zero-order chi connectivity index (χ0) is 27.8. The molecule has 1 aromatic rings. The summed E-state index contributed by atoms with van der Waals surface area (Å²) in [4.78, 5) is 31.4. The van der Waals surface area contributed by atoms with E-state index in [4.69, 9.17) is 14.2 Å². The molecule has 3 fully saturated rings. The average Bonchev–Trinajstić information content (AvgIpc) is 3.70. The van der Waals surface area contributed by atoms with E-state index in [-0.39, 0.29) is 23.8 Å². The van der Waals surface area contributed by atoms with E-state index in [1.54, 1.807) is 7.11 Å². The first-order valence-corrected chi connectivity index (χ1v) is 15.1. The minimum atomic E-state index is -0.00194. The maximum Gasteiger partial charge on any atom is 0.254 e. The van der Waals surface area contributed by atoms with Crippen molar-refractivity contribution < 1.29 is 23.8 Å². The Kier molecular flexibility index (Phi) is 11.1. The van der Waals surface area contributed by atoms with Gasteiger partial charge in [0.2, 0.25) is 5.91 Å². The molecule has 8 nitrogen and oxygen atoms in total. The SMILES string of the molecule is CCc1ccc(C(=O)N(C[C@@H]2CNC[C@H]2CN(C(=O)C2CCCOC2)C2CC2)C(C)C)cc1OCCCOC. The van der Waals surface area contributed by atoms with Gasteiger partial charge in [0.25, 0.3) is 5.91 Å². The highest BCUT2D eigenvalue weighted by molar-refractivity contribution is 5.95. The number of hydrogen-bond acceptors (Lipinski definition) is 6. The van der Waals surface area contributed by atoms with Crippen LogP contribution < -0.4 is 10.1 Å². The predicted molar refractivity (Wildman–Crippen MR) is 152 cm³/mol. The number of methoxy groups -OCH3 is 1. The third-order valence-electron chi connectivity index (χ3n) is 8.45. The Bertz CT molecular complexity index is 944. The molecule has 1 saturated carbocycles. The van der Waals surface area contributed by atoms with Crippen molar-refractivity contribution in [3.05, 3.63) is 29.3 Å². The molecule has 218 valence electrons. The number of carbonyl (C=O) groups excluding carboxylic acids is 2. The van der Waals surface area contributed by atoms with Gasteiger partial charge in [0.05, 0.1) is 19.1 Å². The van der Waals surface area contributed by atoms with Crippen LogP contribution >= 0.6 is 0 Å². The number of carbonyl (C=O) groups is 2. The van der Waals surface area contributed by atoms with Crippen LogP contribution in [-0.2, 0) is 20.7 Å². The molecule has 4 rings (SSSR count). The molecule has 0 spiro atoms. The van der Waals surface area contributed by atoms with Crippen LogP contribution in [0.25, 0.3) is 0 Å². The molecule has 0 aromatic heterocycles. The fraction of sp³-hybridized carbons (Fsp3) is 0.742. The quantitative estimate of drug-likeness (QED) is 0.360. The second-order valence-electron chi connectivity index (χ2n) is 11.7. The Morgan fingerprint density at radius 3 is 2.51 bits per heavy atom. The van der Waals surface area contributed by atoms with Crippen LogP contribution in [0.15, 0.2) is 18.2 Å². The van der Waals surface area contributed by atoms with Crippen LogP contribution in [0.3, 0.4) is 0 Å². The van der Waals surface area contributed by atoms with Gasteiger partial charge < -0.3 is 29.3 Å². The highest BCUT2D eigenvalue weighted by Crippen LogP contribution is 2.33. The van der Waals surface area contributed by atoms with Crippen LogP contribution in [0.2, 0.25) is 0 Å². The highest BCUT2D eigenvalue weighted by Gasteiger charge is 2.40. The van der Waals surface area contributed by atoms with Crippen molar-refractivity contribution in [3.63, 3.8) is 0 Å². The number of hydrogen-bond donors (Lipinski definition) is 1. The van der Waals surface area contributed by atoms with Crippen molar-refractivity contribution in [2.24, 2.45) is 17.8 Å². The molecule has 2 heterocycles. The molecule has 1 aromatic carbocycles. The van der Waals surface area contributed by atoms with Crippen LogP contribution in [0, 0.1) is 17.8 Å². The zero-order valence-electron chi connectivity index (χ0n) is 24.5. The van der Waals surface area contributed by atoms with Gasteiger partial charge in [-0.05, 0) is 75.5 Å². The molecular weight excluding hydrogens is 494 g/mol. The third-order valence-corrected chi connectivity index (χ3v) is 8.45. The Labute approximate surface area is 234 Å². The topological polar surface area (TPSA) is 80.3 Å². The van der Waals surface area contributed by atoms with Gasteiger partial charge in [-0.1, -0.05) is 13.0 Å². The molecular formula is C31H49N3O5. The monoisotopic (exact) mass is 543 g/mol. The van der Waals surface area contributed by atoms with Crippen molar-refractivity contribution in [1.29, 1.82) is 0 Å². The Balaban J connectivity index is 1.43. The first-order chi connectivity index (χ1) is 18.9. The van der Waals surface area contributed by atoms with E-state index in [9.17, 15) is 9.59 Å². The van der Waals surface area contributed by atoms with Crippen molar-refractivity contribution in [2.75, 3.05) is 59.7 Å². The number of rotatable bonds is 14. The van der Waals surface area contributed by atoms with Crippen LogP contribution in [-0.4, -0.2) is 93.4 Å². The first kappa shape index (κ1) is 29.8. The lowest BCUT2D eigenvalue weighted by atomic mass is 9.92. The summed E-state index contributed by atoms with van der Waals surface area (Å²) in [6.07, 6.45) is 5.75. The Morgan fingerprint density at radius 1 is 1.10 bits per heavy atom. The van der Waals surface area contributed by atoms with E-state index in [0.717, 1.165) is 76.1 Å². The molecule has 2 amide bonds. The zero-order valence-corrected chi connectivity index (χ0v) is 24.5. The van der Waals surface area contributed by atoms with Gasteiger partial charge >= 0.3 is 0 Å². The fourth-order valence-corrected chi connectivity index (χ4v) is 5.89. The Morgan fingerprint density at radius 2 is 1.87 bits per heavy atom. The lowest BCUT2D eigenvalue weighted by Gasteiger charge is -2.35. The van der Waals surface area contributed by atoms with Crippen molar-refractivity contribution in [1.82, 2.24) is 15.1 Å². The van der Waals surface area contributed by atoms with E-state index >= 15 is 0 Å². The molecule has 1 aliphatic carbocycles. The number of amides is 2. The van der Waals surface area contributed by atoms with Gasteiger partial charge in [0.15, 0.2) is 0 Å². The smallest absolute Gasteiger partial charge is 0.254 e. The number of benzene rings is 1. The summed E-state index contributed by atoms with van der Waals surface area (Å²) in [5, 5.41) is 3.56. The second-order valence-corrected chi connectivity index (χ2v) is 11.7. The van der Waals surface area contributed by atoms with E-state index < -0.39 is 0 Å². The summed E-state index contributed by atoms with van der Waals surface area (Å²) < 4.78 is 16.8. The van der Waals surface area contributed by atoms with Crippen molar-refractivity contribution in [3.8, 4) is 5.75 Å². The van der Waals surface area contributed by atoms with Crippen LogP contribution in [0.4, 0.5) is 0 Å². The van der Waals surface area contributed by atoms with Crippen LogP contribution in [0.5, 0.6) is 5.75 Å². The molecule has 2 saturated heterocycles. The number of ether oxygens (including phenoxy) is 3. The molecule has 8 heteroatoms. The average molecular weight is 544 g/mol. The lowest BCUT2D eigenvalue weighted by Crippen LogP contribution is -2.46. The number of aryl methyl sites for hydroxylation is 1. The molecule has 3 atom stereocenters. The largest absolute Gasteiger partial charge is 0.493 e.